The molecule has 4 heteroatoms. The van der Waals surface area contributed by atoms with Crippen LogP contribution in [0.5, 0.6) is 0 Å². The van der Waals surface area contributed by atoms with E-state index in [1.54, 1.807) is 4.90 Å². The molecule has 0 unspecified atom stereocenters. The average molecular weight is 283 g/mol. The molecule has 2 aliphatic rings. The molecule has 20 heavy (non-hydrogen) atoms. The van der Waals surface area contributed by atoms with Gasteiger partial charge in [0.15, 0.2) is 0 Å². The van der Waals surface area contributed by atoms with Crippen LogP contribution in [0.4, 0.5) is 4.79 Å². The molecule has 1 saturated heterocycles. The van der Waals surface area contributed by atoms with E-state index in [0.29, 0.717) is 19.0 Å². The first kappa shape index (κ1) is 15.6. The summed E-state index contributed by atoms with van der Waals surface area (Å²) in [7, 11) is 0. The van der Waals surface area contributed by atoms with Crippen LogP contribution in [-0.2, 0) is 4.74 Å². The maximum Gasteiger partial charge on any atom is 0.410 e. The molecule has 1 aliphatic carbocycles. The van der Waals surface area contributed by atoms with Crippen molar-refractivity contribution in [2.45, 2.75) is 65.1 Å². The van der Waals surface area contributed by atoms with Crippen LogP contribution in [0.25, 0.3) is 0 Å². The number of likely N-dealkylation sites (tertiary alicyclic amines) is 1. The van der Waals surface area contributed by atoms with Gasteiger partial charge in [0.25, 0.3) is 0 Å². The number of aliphatic hydroxyl groups is 1. The van der Waals surface area contributed by atoms with Gasteiger partial charge >= 0.3 is 6.09 Å². The lowest BCUT2D eigenvalue weighted by atomic mass is 9.75. The van der Waals surface area contributed by atoms with Crippen molar-refractivity contribution >= 4 is 6.09 Å². The molecular weight excluding hydrogens is 254 g/mol. The Kier molecular flexibility index (Phi) is 4.62. The minimum absolute atomic E-state index is 0.231. The van der Waals surface area contributed by atoms with E-state index in [9.17, 15) is 9.90 Å². The number of nitrogens with zero attached hydrogens (tertiary/aromatic N) is 1. The monoisotopic (exact) mass is 283 g/mol. The van der Waals surface area contributed by atoms with E-state index in [-0.39, 0.29) is 18.1 Å². The number of hydrogen-bond acceptors (Lipinski definition) is 3. The highest BCUT2D eigenvalue weighted by Gasteiger charge is 2.40. The molecule has 1 saturated carbocycles. The third kappa shape index (κ3) is 3.87. The first-order chi connectivity index (χ1) is 9.26. The van der Waals surface area contributed by atoms with Gasteiger partial charge in [-0.3, -0.25) is 0 Å². The van der Waals surface area contributed by atoms with Crippen LogP contribution in [0.15, 0.2) is 0 Å². The number of ether oxygens (including phenoxy) is 1. The highest BCUT2D eigenvalue weighted by Crippen LogP contribution is 2.37. The molecule has 0 aromatic carbocycles. The summed E-state index contributed by atoms with van der Waals surface area (Å²) in [5, 5.41) is 10.3. The predicted molar refractivity (Wildman–Crippen MR) is 78.4 cm³/mol. The van der Waals surface area contributed by atoms with Crippen LogP contribution in [0.2, 0.25) is 0 Å². The van der Waals surface area contributed by atoms with Gasteiger partial charge < -0.3 is 14.7 Å². The second-order valence-electron chi connectivity index (χ2n) is 7.64. The van der Waals surface area contributed by atoms with Crippen molar-refractivity contribution in [2.24, 2.45) is 17.8 Å². The van der Waals surface area contributed by atoms with Crippen LogP contribution >= 0.6 is 0 Å². The summed E-state index contributed by atoms with van der Waals surface area (Å²) in [5.41, 5.74) is -0.472. The molecule has 1 N–H and O–H groups in total. The van der Waals surface area contributed by atoms with Gasteiger partial charge in [0.1, 0.15) is 5.60 Å². The molecule has 2 fully saturated rings. The normalized spacial score (nSPS) is 35.1. The molecule has 1 amide bonds. The van der Waals surface area contributed by atoms with Crippen molar-refractivity contribution in [3.8, 4) is 0 Å². The molecule has 2 atom stereocenters. The zero-order valence-electron chi connectivity index (χ0n) is 13.3. The van der Waals surface area contributed by atoms with E-state index < -0.39 is 5.60 Å². The first-order valence-electron chi connectivity index (χ1n) is 7.92. The van der Waals surface area contributed by atoms with Crippen molar-refractivity contribution < 1.29 is 14.6 Å². The molecular formula is C16H29NO3. The van der Waals surface area contributed by atoms with Crippen molar-refractivity contribution in [3.05, 3.63) is 0 Å². The largest absolute Gasteiger partial charge is 0.444 e. The van der Waals surface area contributed by atoms with Crippen LogP contribution < -0.4 is 0 Å². The lowest BCUT2D eigenvalue weighted by molar-refractivity contribution is 0.0269. The summed E-state index contributed by atoms with van der Waals surface area (Å²) in [6.45, 7) is 8.99. The van der Waals surface area contributed by atoms with Gasteiger partial charge in [-0.1, -0.05) is 19.8 Å². The summed E-state index contributed by atoms with van der Waals surface area (Å²) in [6, 6.07) is 0. The maximum atomic E-state index is 12.1. The standard InChI is InChI=1S/C16H29NO3/c1-11-5-7-12(8-6-11)13-9-17(10-14(13)18)15(19)20-16(2,3)4/h11-14,18H,5-10H2,1-4H3/t11?,12?,13-,14+/m0/s1. The molecule has 0 bridgehead atoms. The summed E-state index contributed by atoms with van der Waals surface area (Å²) in [6.07, 6.45) is 4.20. The summed E-state index contributed by atoms with van der Waals surface area (Å²) >= 11 is 0. The van der Waals surface area contributed by atoms with Gasteiger partial charge in [-0.25, -0.2) is 4.79 Å². The number of carbonyl (C=O) groups excluding carboxylic acids is 1. The number of aliphatic hydroxyl groups excluding tert-OH is 1. The van der Waals surface area contributed by atoms with E-state index >= 15 is 0 Å². The Labute approximate surface area is 122 Å². The second-order valence-corrected chi connectivity index (χ2v) is 7.64. The quantitative estimate of drug-likeness (QED) is 0.804. The third-order valence-corrected chi connectivity index (χ3v) is 4.65. The molecule has 1 heterocycles. The fourth-order valence-corrected chi connectivity index (χ4v) is 3.46. The van der Waals surface area contributed by atoms with Crippen molar-refractivity contribution in [1.82, 2.24) is 4.90 Å². The molecule has 2 rings (SSSR count). The number of carbonyl (C=O) groups is 1. The highest BCUT2D eigenvalue weighted by molar-refractivity contribution is 5.68. The zero-order chi connectivity index (χ0) is 14.9. The van der Waals surface area contributed by atoms with Gasteiger partial charge in [-0.05, 0) is 45.4 Å². The van der Waals surface area contributed by atoms with E-state index in [0.717, 1.165) is 5.92 Å². The molecule has 0 aromatic heterocycles. The van der Waals surface area contributed by atoms with Crippen LogP contribution in [0.1, 0.15) is 53.4 Å². The van der Waals surface area contributed by atoms with Gasteiger partial charge in [-0.2, -0.15) is 0 Å². The SMILES string of the molecule is CC1CCC([C@@H]2CN(C(=O)OC(C)(C)C)C[C@H]2O)CC1. The van der Waals surface area contributed by atoms with Crippen LogP contribution in [0, 0.1) is 17.8 Å². The lowest BCUT2D eigenvalue weighted by Crippen LogP contribution is -2.36. The molecule has 4 nitrogen and oxygen atoms in total. The fourth-order valence-electron chi connectivity index (χ4n) is 3.46. The highest BCUT2D eigenvalue weighted by atomic mass is 16.6. The number of β-amino-alcohol motifs (C(OH)–C–C–N with tert-alkyl or cyclic N) is 1. The summed E-state index contributed by atoms with van der Waals surface area (Å²) in [4.78, 5) is 13.8. The molecule has 0 aromatic rings. The second kappa shape index (κ2) is 5.92. The van der Waals surface area contributed by atoms with Crippen molar-refractivity contribution in [1.29, 1.82) is 0 Å². The topological polar surface area (TPSA) is 49.8 Å². The van der Waals surface area contributed by atoms with E-state index in [4.69, 9.17) is 4.74 Å². The number of rotatable bonds is 1. The molecule has 1 aliphatic heterocycles. The molecule has 0 radical (unpaired) electrons. The maximum absolute atomic E-state index is 12.1. The molecule has 0 spiro atoms. The minimum Gasteiger partial charge on any atom is -0.444 e. The van der Waals surface area contributed by atoms with E-state index in [1.807, 2.05) is 20.8 Å². The van der Waals surface area contributed by atoms with Gasteiger partial charge in [0.2, 0.25) is 0 Å². The predicted octanol–water partition coefficient (Wildman–Crippen LogP) is 3.04. The van der Waals surface area contributed by atoms with Crippen molar-refractivity contribution in [3.63, 3.8) is 0 Å². The number of amides is 1. The first-order valence-corrected chi connectivity index (χ1v) is 7.92. The molecule has 116 valence electrons. The van der Waals surface area contributed by atoms with E-state index in [1.165, 1.54) is 25.7 Å². The van der Waals surface area contributed by atoms with Gasteiger partial charge in [-0.15, -0.1) is 0 Å². The fraction of sp³-hybridized carbons (Fsp3) is 0.938. The Morgan fingerprint density at radius 3 is 2.30 bits per heavy atom. The van der Waals surface area contributed by atoms with Crippen LogP contribution in [-0.4, -0.2) is 40.9 Å². The average Bonchev–Trinajstić information content (AvgIpc) is 2.70. The Morgan fingerprint density at radius 2 is 1.75 bits per heavy atom. The number of hydrogen-bond donors (Lipinski definition) is 1. The Balaban J connectivity index is 1.90. The minimum atomic E-state index is -0.472. The van der Waals surface area contributed by atoms with E-state index in [2.05, 4.69) is 6.92 Å². The van der Waals surface area contributed by atoms with Gasteiger partial charge in [0, 0.05) is 12.5 Å². The zero-order valence-corrected chi connectivity index (χ0v) is 13.3. The van der Waals surface area contributed by atoms with Gasteiger partial charge in [0.05, 0.1) is 12.6 Å². The summed E-state index contributed by atoms with van der Waals surface area (Å²) in [5.74, 6) is 1.61. The Morgan fingerprint density at radius 1 is 1.15 bits per heavy atom. The van der Waals surface area contributed by atoms with Crippen molar-refractivity contribution in [2.75, 3.05) is 13.1 Å². The lowest BCUT2D eigenvalue weighted by Gasteiger charge is -2.31. The Bertz CT molecular complexity index is 342. The van der Waals surface area contributed by atoms with Crippen LogP contribution in [0.3, 0.4) is 0 Å². The Hall–Kier alpha value is -0.770. The smallest absolute Gasteiger partial charge is 0.410 e. The summed E-state index contributed by atoms with van der Waals surface area (Å²) < 4.78 is 5.40. The third-order valence-electron chi connectivity index (χ3n) is 4.65.